The number of para-hydroxylation sites is 1. The number of ketones is 1. The predicted molar refractivity (Wildman–Crippen MR) is 182 cm³/mol. The lowest BCUT2D eigenvalue weighted by Gasteiger charge is -2.32. The van der Waals surface area contributed by atoms with Crippen LogP contribution in [0.2, 0.25) is 0 Å². The number of anilines is 2. The number of hydrogen-bond acceptors (Lipinski definition) is 6. The number of benzene rings is 3. The molecule has 9 nitrogen and oxygen atoms in total. The van der Waals surface area contributed by atoms with Crippen molar-refractivity contribution in [1.82, 2.24) is 4.57 Å². The van der Waals surface area contributed by atoms with Crippen molar-refractivity contribution in [3.8, 4) is 5.69 Å². The maximum absolute atomic E-state index is 16.0. The van der Waals surface area contributed by atoms with E-state index in [0.29, 0.717) is 15.8 Å². The Balaban J connectivity index is 1.60. The predicted octanol–water partition coefficient (Wildman–Crippen LogP) is 7.68. The molecule has 0 radical (unpaired) electrons. The van der Waals surface area contributed by atoms with Crippen molar-refractivity contribution in [2.45, 2.75) is 77.4 Å². The van der Waals surface area contributed by atoms with Crippen LogP contribution in [0.3, 0.4) is 0 Å². The molecular formula is C38H38F3N3O6. The molecule has 3 N–H and O–H groups in total. The van der Waals surface area contributed by atoms with E-state index < -0.39 is 58.0 Å². The Morgan fingerprint density at radius 2 is 1.60 bits per heavy atom. The van der Waals surface area contributed by atoms with E-state index in [1.54, 1.807) is 26.8 Å². The third-order valence-electron chi connectivity index (χ3n) is 8.56. The van der Waals surface area contributed by atoms with E-state index in [2.05, 4.69) is 0 Å². The van der Waals surface area contributed by atoms with Crippen LogP contribution < -0.4 is 16.2 Å². The standard InChI is InChI=1S/C38H38F3N3O6/c1-38(2,3)50-37(49)43(33-24(13-18-32(46)47)9-6-10-27(33)23-7-4-5-8-23)21-22-19-29(40)34(30(41)20-22)44-31(45)17-16-28(36(44)42)35(48)25-11-14-26(39)15-12-25/h6,9-12,14-17,19-20,23H,4-5,7-8,13,18,21,42H2,1-3H3,(H,46,47). The summed E-state index contributed by atoms with van der Waals surface area (Å²) in [7, 11) is 0. The van der Waals surface area contributed by atoms with Gasteiger partial charge in [0.15, 0.2) is 17.4 Å². The lowest BCUT2D eigenvalue weighted by atomic mass is 9.91. The Kier molecular flexibility index (Phi) is 10.5. The third kappa shape index (κ3) is 7.90. The average Bonchev–Trinajstić information content (AvgIpc) is 3.58. The number of carboxylic acid groups (broad SMARTS) is 1. The number of aryl methyl sites for hydroxylation is 1. The number of carbonyl (C=O) groups excluding carboxylic acids is 2. The topological polar surface area (TPSA) is 132 Å². The molecule has 12 heteroatoms. The summed E-state index contributed by atoms with van der Waals surface area (Å²) in [6.45, 7) is 4.69. The molecule has 1 heterocycles. The first kappa shape index (κ1) is 35.9. The van der Waals surface area contributed by atoms with E-state index in [-0.39, 0.29) is 42.0 Å². The minimum absolute atomic E-state index is 0.00480. The van der Waals surface area contributed by atoms with Gasteiger partial charge in [0, 0.05) is 18.1 Å². The van der Waals surface area contributed by atoms with Gasteiger partial charge in [-0.15, -0.1) is 0 Å². The summed E-state index contributed by atoms with van der Waals surface area (Å²) >= 11 is 0. The summed E-state index contributed by atoms with van der Waals surface area (Å²) in [5.41, 5.74) is 5.15. The highest BCUT2D eigenvalue weighted by Crippen LogP contribution is 2.42. The Hall–Kier alpha value is -5.39. The number of amides is 1. The molecule has 1 fully saturated rings. The number of nitrogen functional groups attached to an aromatic ring is 1. The van der Waals surface area contributed by atoms with Gasteiger partial charge in [-0.1, -0.05) is 31.0 Å². The fraction of sp³-hybridized carbons (Fsp3) is 0.316. The number of rotatable bonds is 10. The highest BCUT2D eigenvalue weighted by atomic mass is 19.1. The summed E-state index contributed by atoms with van der Waals surface area (Å²) in [5, 5.41) is 9.46. The van der Waals surface area contributed by atoms with Crippen molar-refractivity contribution >= 4 is 29.4 Å². The molecule has 0 atom stereocenters. The number of carbonyl (C=O) groups is 3. The van der Waals surface area contributed by atoms with Crippen molar-refractivity contribution in [2.24, 2.45) is 0 Å². The smallest absolute Gasteiger partial charge is 0.415 e. The van der Waals surface area contributed by atoms with E-state index in [9.17, 15) is 28.7 Å². The molecule has 0 aliphatic heterocycles. The van der Waals surface area contributed by atoms with Gasteiger partial charge >= 0.3 is 12.1 Å². The minimum Gasteiger partial charge on any atom is -0.481 e. The van der Waals surface area contributed by atoms with Gasteiger partial charge in [-0.25, -0.2) is 18.0 Å². The maximum atomic E-state index is 16.0. The molecule has 3 aromatic carbocycles. The van der Waals surface area contributed by atoms with Gasteiger partial charge in [-0.2, -0.15) is 0 Å². The Labute approximate surface area is 287 Å². The molecule has 50 heavy (non-hydrogen) atoms. The first-order valence-corrected chi connectivity index (χ1v) is 16.3. The zero-order chi connectivity index (χ0) is 36.3. The number of ether oxygens (including phenoxy) is 1. The molecule has 1 aliphatic carbocycles. The summed E-state index contributed by atoms with van der Waals surface area (Å²) < 4.78 is 51.8. The van der Waals surface area contributed by atoms with Crippen LogP contribution in [-0.4, -0.2) is 33.1 Å². The van der Waals surface area contributed by atoms with Crippen molar-refractivity contribution in [3.05, 3.63) is 122 Å². The van der Waals surface area contributed by atoms with Crippen LogP contribution in [-0.2, 0) is 22.5 Å². The average molecular weight is 690 g/mol. The summed E-state index contributed by atoms with van der Waals surface area (Å²) in [6, 6.07) is 14.0. The number of nitrogens with two attached hydrogens (primary N) is 1. The fourth-order valence-electron chi connectivity index (χ4n) is 6.34. The molecule has 1 saturated carbocycles. The molecule has 0 spiro atoms. The number of hydrogen-bond donors (Lipinski definition) is 2. The van der Waals surface area contributed by atoms with E-state index in [1.807, 2.05) is 12.1 Å². The van der Waals surface area contributed by atoms with Crippen LogP contribution in [0.25, 0.3) is 5.69 Å². The first-order chi connectivity index (χ1) is 23.6. The van der Waals surface area contributed by atoms with Gasteiger partial charge in [0.1, 0.15) is 22.9 Å². The van der Waals surface area contributed by atoms with Gasteiger partial charge in [-0.3, -0.25) is 23.9 Å². The van der Waals surface area contributed by atoms with Gasteiger partial charge in [0.2, 0.25) is 0 Å². The summed E-state index contributed by atoms with van der Waals surface area (Å²) in [6.07, 6.45) is 2.77. The van der Waals surface area contributed by atoms with Crippen LogP contribution in [0.4, 0.5) is 29.5 Å². The largest absolute Gasteiger partial charge is 0.481 e. The van der Waals surface area contributed by atoms with Gasteiger partial charge in [-0.05, 0) is 105 Å². The lowest BCUT2D eigenvalue weighted by Crippen LogP contribution is -2.38. The zero-order valence-electron chi connectivity index (χ0n) is 28.0. The third-order valence-corrected chi connectivity index (χ3v) is 8.56. The Morgan fingerprint density at radius 3 is 2.20 bits per heavy atom. The maximum Gasteiger partial charge on any atom is 0.415 e. The highest BCUT2D eigenvalue weighted by Gasteiger charge is 2.31. The molecule has 1 aromatic heterocycles. The quantitative estimate of drug-likeness (QED) is 0.163. The van der Waals surface area contributed by atoms with Gasteiger partial charge in [0.25, 0.3) is 5.56 Å². The van der Waals surface area contributed by atoms with Crippen molar-refractivity contribution in [3.63, 3.8) is 0 Å². The molecule has 5 rings (SSSR count). The molecule has 0 bridgehead atoms. The molecule has 262 valence electrons. The Bertz CT molecular complexity index is 1970. The van der Waals surface area contributed by atoms with Crippen LogP contribution in [0.5, 0.6) is 0 Å². The number of aromatic nitrogens is 1. The number of nitrogens with zero attached hydrogens (tertiary/aromatic N) is 2. The molecular weight excluding hydrogens is 651 g/mol. The second-order valence-corrected chi connectivity index (χ2v) is 13.3. The number of halogens is 3. The van der Waals surface area contributed by atoms with Crippen LogP contribution in [0.1, 0.15) is 91.4 Å². The summed E-state index contributed by atoms with van der Waals surface area (Å²) in [4.78, 5) is 52.9. The van der Waals surface area contributed by atoms with Crippen LogP contribution in [0, 0.1) is 17.5 Å². The van der Waals surface area contributed by atoms with Crippen molar-refractivity contribution in [1.29, 1.82) is 0 Å². The number of pyridine rings is 1. The van der Waals surface area contributed by atoms with Crippen LogP contribution >= 0.6 is 0 Å². The van der Waals surface area contributed by atoms with Gasteiger partial charge in [0.05, 0.1) is 17.8 Å². The van der Waals surface area contributed by atoms with Crippen molar-refractivity contribution < 1.29 is 37.4 Å². The second kappa shape index (κ2) is 14.6. The van der Waals surface area contributed by atoms with E-state index in [4.69, 9.17) is 10.5 Å². The minimum atomic E-state index is -1.19. The molecule has 0 unspecified atom stereocenters. The highest BCUT2D eigenvalue weighted by molar-refractivity contribution is 6.11. The Morgan fingerprint density at radius 1 is 0.960 bits per heavy atom. The summed E-state index contributed by atoms with van der Waals surface area (Å²) in [5.74, 6) is -5.13. The molecule has 4 aromatic rings. The second-order valence-electron chi connectivity index (χ2n) is 13.3. The SMILES string of the molecule is CC(C)(C)OC(=O)N(Cc1cc(F)c(-n2c(N)c(C(=O)c3ccc(F)cc3)ccc2=O)c(F)c1)c1c(CCC(=O)O)cccc1C1CCCC1. The van der Waals surface area contributed by atoms with Crippen molar-refractivity contribution in [2.75, 3.05) is 10.6 Å². The van der Waals surface area contributed by atoms with E-state index in [1.165, 1.54) is 17.0 Å². The van der Waals surface area contributed by atoms with Gasteiger partial charge < -0.3 is 15.6 Å². The van der Waals surface area contributed by atoms with E-state index >= 15 is 8.78 Å². The lowest BCUT2D eigenvalue weighted by molar-refractivity contribution is -0.136. The monoisotopic (exact) mass is 689 g/mol. The number of aliphatic carboxylic acids is 1. The normalized spacial score (nSPS) is 13.3. The first-order valence-electron chi connectivity index (χ1n) is 16.3. The molecule has 1 amide bonds. The zero-order valence-corrected chi connectivity index (χ0v) is 28.0. The molecule has 1 aliphatic rings. The number of carboxylic acids is 1. The fourth-order valence-corrected chi connectivity index (χ4v) is 6.34. The van der Waals surface area contributed by atoms with Crippen LogP contribution in [0.15, 0.2) is 71.5 Å². The molecule has 0 saturated heterocycles. The van der Waals surface area contributed by atoms with E-state index in [0.717, 1.165) is 67.6 Å².